The molecule has 2 unspecified atom stereocenters. The molecule has 1 aromatic heterocycles. The number of ether oxygens (including phenoxy) is 1. The van der Waals surface area contributed by atoms with Gasteiger partial charge in [-0.3, -0.25) is 14.1 Å². The first-order chi connectivity index (χ1) is 23.2. The Kier molecular flexibility index (Phi) is 11.6. The first-order valence-electron chi connectivity index (χ1n) is 15.4. The number of oxazole rings is 1. The van der Waals surface area contributed by atoms with Gasteiger partial charge in [-0.2, -0.15) is 0 Å². The minimum Gasteiger partial charge on any atom is -0.496 e. The molecule has 250 valence electrons. The maximum Gasteiger partial charge on any atom is 0.305 e. The molecule has 0 bridgehead atoms. The molecule has 1 saturated heterocycles. The number of hydrogen-bond donors (Lipinski definition) is 3. The Hall–Kier alpha value is -5.00. The van der Waals surface area contributed by atoms with Crippen molar-refractivity contribution in [1.29, 1.82) is 0 Å². The monoisotopic (exact) mass is 671 g/mol. The molecule has 0 aliphatic carbocycles. The molecule has 5 rings (SSSR count). The molecule has 1 amide bonds. The standard InChI is InChI=1S/C35H37N5O7S/c1-25(20-34(42)43)40(48(44)45)39-18-16-38(17-19-39)29-13-10-26(11-14-29)8-9-27-12-15-32(46-2)31(21-27)35-37-24-30(47-35)22-33(41)36-23-28-6-4-3-5-7-28/h3-7,10-15,21,24-25H,16-20,22-23H2,1-2H3,(H,36,41)(H,42,43)(H,44,45). The van der Waals surface area contributed by atoms with Gasteiger partial charge in [0, 0.05) is 55.6 Å². The summed E-state index contributed by atoms with van der Waals surface area (Å²) < 4.78 is 34.4. The normalized spacial score (nSPS) is 14.5. The zero-order valence-corrected chi connectivity index (χ0v) is 27.5. The van der Waals surface area contributed by atoms with E-state index in [0.717, 1.165) is 22.4 Å². The Morgan fingerprint density at radius 2 is 1.73 bits per heavy atom. The number of nitrogens with zero attached hydrogens (tertiary/aromatic N) is 4. The first-order valence-corrected chi connectivity index (χ1v) is 16.4. The molecular formula is C35H37N5O7S. The Bertz CT molecular complexity index is 1800. The van der Waals surface area contributed by atoms with E-state index >= 15 is 0 Å². The highest BCUT2D eigenvalue weighted by molar-refractivity contribution is 7.76. The second-order valence-electron chi connectivity index (χ2n) is 11.2. The zero-order valence-electron chi connectivity index (χ0n) is 26.7. The maximum atomic E-state index is 12.5. The Labute approximate surface area is 281 Å². The van der Waals surface area contributed by atoms with E-state index in [1.54, 1.807) is 31.3 Å². The predicted octanol–water partition coefficient (Wildman–Crippen LogP) is 3.95. The van der Waals surface area contributed by atoms with Crippen LogP contribution in [0.3, 0.4) is 0 Å². The van der Waals surface area contributed by atoms with E-state index in [1.165, 1.54) is 4.41 Å². The zero-order chi connectivity index (χ0) is 34.0. The number of nitrogens with one attached hydrogen (secondary N) is 1. The molecule has 1 fully saturated rings. The van der Waals surface area contributed by atoms with Crippen LogP contribution in [-0.2, 0) is 33.8 Å². The van der Waals surface area contributed by atoms with Gasteiger partial charge in [0.2, 0.25) is 23.1 Å². The fraction of sp³-hybridized carbons (Fsp3) is 0.286. The number of piperazine rings is 1. The minimum absolute atomic E-state index is 0.0569. The van der Waals surface area contributed by atoms with Crippen molar-refractivity contribution in [3.8, 4) is 29.0 Å². The van der Waals surface area contributed by atoms with Crippen LogP contribution < -0.4 is 15.0 Å². The lowest BCUT2D eigenvalue weighted by molar-refractivity contribution is -0.139. The molecule has 3 N–H and O–H groups in total. The van der Waals surface area contributed by atoms with Gasteiger partial charge in [-0.1, -0.05) is 42.2 Å². The molecule has 3 aromatic carbocycles. The summed E-state index contributed by atoms with van der Waals surface area (Å²) in [6.07, 6.45) is 1.37. The second-order valence-corrected chi connectivity index (χ2v) is 12.0. The number of carbonyl (C=O) groups is 2. The molecule has 0 spiro atoms. The topological polar surface area (TPSA) is 149 Å². The quantitative estimate of drug-likeness (QED) is 0.149. The molecule has 0 radical (unpaired) electrons. The highest BCUT2D eigenvalue weighted by Crippen LogP contribution is 2.31. The summed E-state index contributed by atoms with van der Waals surface area (Å²) in [5.41, 5.74) is 4.18. The van der Waals surface area contributed by atoms with Crippen molar-refractivity contribution < 1.29 is 32.6 Å². The average molecular weight is 672 g/mol. The molecular weight excluding hydrogens is 634 g/mol. The number of hydrogen-bond acceptors (Lipinski definition) is 8. The number of methoxy groups -OCH3 is 1. The van der Waals surface area contributed by atoms with E-state index in [1.807, 2.05) is 66.7 Å². The van der Waals surface area contributed by atoms with Gasteiger partial charge in [-0.05, 0) is 55.0 Å². The van der Waals surface area contributed by atoms with Gasteiger partial charge in [0.25, 0.3) is 0 Å². The van der Waals surface area contributed by atoms with Crippen LogP contribution in [0.1, 0.15) is 35.8 Å². The summed E-state index contributed by atoms with van der Waals surface area (Å²) >= 11 is -2.32. The molecule has 1 aliphatic heterocycles. The summed E-state index contributed by atoms with van der Waals surface area (Å²) in [4.78, 5) is 30.1. The fourth-order valence-corrected chi connectivity index (χ4v) is 6.14. The van der Waals surface area contributed by atoms with Gasteiger partial charge in [0.05, 0.1) is 31.7 Å². The molecule has 12 nitrogen and oxygen atoms in total. The third-order valence-electron chi connectivity index (χ3n) is 7.78. The summed E-state index contributed by atoms with van der Waals surface area (Å²) in [7, 11) is 1.57. The van der Waals surface area contributed by atoms with Gasteiger partial charge >= 0.3 is 5.97 Å². The Morgan fingerprint density at radius 3 is 2.40 bits per heavy atom. The van der Waals surface area contributed by atoms with Crippen molar-refractivity contribution in [3.05, 3.63) is 101 Å². The van der Waals surface area contributed by atoms with Crippen LogP contribution in [0.25, 0.3) is 11.5 Å². The summed E-state index contributed by atoms with van der Waals surface area (Å²) in [6.45, 7) is 4.22. The lowest BCUT2D eigenvalue weighted by Gasteiger charge is -2.41. The number of anilines is 1. The van der Waals surface area contributed by atoms with Crippen molar-refractivity contribution in [2.75, 3.05) is 38.2 Å². The van der Waals surface area contributed by atoms with Crippen molar-refractivity contribution in [2.24, 2.45) is 0 Å². The van der Waals surface area contributed by atoms with E-state index in [2.05, 4.69) is 27.0 Å². The maximum absolute atomic E-state index is 12.5. The van der Waals surface area contributed by atoms with Crippen LogP contribution in [0.2, 0.25) is 0 Å². The Balaban J connectivity index is 1.20. The number of carboxylic acid groups (broad SMARTS) is 1. The van der Waals surface area contributed by atoms with E-state index in [4.69, 9.17) is 14.3 Å². The number of aliphatic carboxylic acids is 1. The SMILES string of the molecule is COc1ccc(C#Cc2ccc(N3CCN(N(C(C)CC(=O)O)S(=O)O)CC3)cc2)cc1-c1ncc(CC(=O)NCc2ccccc2)o1. The van der Waals surface area contributed by atoms with Crippen LogP contribution in [0, 0.1) is 11.8 Å². The Morgan fingerprint density at radius 1 is 1.04 bits per heavy atom. The van der Waals surface area contributed by atoms with Crippen LogP contribution in [0.5, 0.6) is 5.75 Å². The number of benzene rings is 3. The fourth-order valence-electron chi connectivity index (χ4n) is 5.40. The molecule has 1 aliphatic rings. The third kappa shape index (κ3) is 9.08. The van der Waals surface area contributed by atoms with Crippen molar-refractivity contribution >= 4 is 28.8 Å². The van der Waals surface area contributed by atoms with Gasteiger partial charge in [0.1, 0.15) is 11.5 Å². The van der Waals surface area contributed by atoms with Crippen LogP contribution in [0.4, 0.5) is 5.69 Å². The second kappa shape index (κ2) is 16.2. The van der Waals surface area contributed by atoms with Gasteiger partial charge < -0.3 is 24.5 Å². The predicted molar refractivity (Wildman–Crippen MR) is 181 cm³/mol. The third-order valence-corrected chi connectivity index (χ3v) is 8.69. The average Bonchev–Trinajstić information content (AvgIpc) is 3.55. The van der Waals surface area contributed by atoms with E-state index < -0.39 is 23.3 Å². The smallest absolute Gasteiger partial charge is 0.305 e. The van der Waals surface area contributed by atoms with Crippen molar-refractivity contribution in [2.45, 2.75) is 32.4 Å². The molecule has 48 heavy (non-hydrogen) atoms. The van der Waals surface area contributed by atoms with Crippen LogP contribution in [0.15, 0.2) is 83.4 Å². The number of aromatic nitrogens is 1. The van der Waals surface area contributed by atoms with E-state index in [0.29, 0.717) is 55.7 Å². The van der Waals surface area contributed by atoms with E-state index in [-0.39, 0.29) is 18.7 Å². The number of hydrazine groups is 1. The van der Waals surface area contributed by atoms with Gasteiger partial charge in [-0.25, -0.2) is 14.2 Å². The molecule has 13 heteroatoms. The van der Waals surface area contributed by atoms with E-state index in [9.17, 15) is 18.4 Å². The highest BCUT2D eigenvalue weighted by Gasteiger charge is 2.30. The molecule has 0 saturated carbocycles. The van der Waals surface area contributed by atoms with Gasteiger partial charge in [-0.15, -0.1) is 4.41 Å². The van der Waals surface area contributed by atoms with Crippen molar-refractivity contribution in [1.82, 2.24) is 19.7 Å². The number of rotatable bonds is 12. The molecule has 4 aromatic rings. The first kappa shape index (κ1) is 34.3. The summed E-state index contributed by atoms with van der Waals surface area (Å²) in [5.74, 6) is 6.52. The van der Waals surface area contributed by atoms with Crippen LogP contribution >= 0.6 is 0 Å². The highest BCUT2D eigenvalue weighted by atomic mass is 32.2. The lowest BCUT2D eigenvalue weighted by Crippen LogP contribution is -2.57. The number of carbonyl (C=O) groups excluding carboxylic acids is 1. The number of amides is 1. The molecule has 2 atom stereocenters. The van der Waals surface area contributed by atoms with Gasteiger partial charge in [0.15, 0.2) is 0 Å². The van der Waals surface area contributed by atoms with Crippen LogP contribution in [-0.4, -0.2) is 79.5 Å². The lowest BCUT2D eigenvalue weighted by atomic mass is 10.1. The summed E-state index contributed by atoms with van der Waals surface area (Å²) in [5, 5.41) is 13.7. The van der Waals surface area contributed by atoms with Crippen molar-refractivity contribution in [3.63, 3.8) is 0 Å². The molecule has 2 heterocycles. The number of carboxylic acids is 1. The largest absolute Gasteiger partial charge is 0.496 e. The summed E-state index contributed by atoms with van der Waals surface area (Å²) in [6, 6.07) is 22.4. The minimum atomic E-state index is -2.32.